The van der Waals surface area contributed by atoms with E-state index in [9.17, 15) is 0 Å². The molecule has 2 rings (SSSR count). The molecular formula is C18H25N3. The average molecular weight is 283 g/mol. The molecule has 3 nitrogen and oxygen atoms in total. The Morgan fingerprint density at radius 3 is 2.38 bits per heavy atom. The van der Waals surface area contributed by atoms with Gasteiger partial charge in [-0.1, -0.05) is 37.3 Å². The average Bonchev–Trinajstić information content (AvgIpc) is 2.50. The zero-order chi connectivity index (χ0) is 14.9. The van der Waals surface area contributed by atoms with E-state index in [0.717, 1.165) is 32.6 Å². The lowest BCUT2D eigenvalue weighted by Gasteiger charge is -2.16. The maximum absolute atomic E-state index is 4.16. The van der Waals surface area contributed by atoms with E-state index in [-0.39, 0.29) is 0 Å². The van der Waals surface area contributed by atoms with Gasteiger partial charge in [0.25, 0.3) is 0 Å². The van der Waals surface area contributed by atoms with Gasteiger partial charge in [0.15, 0.2) is 0 Å². The second-order valence-corrected chi connectivity index (χ2v) is 5.45. The lowest BCUT2D eigenvalue weighted by molar-refractivity contribution is 0.318. The Morgan fingerprint density at radius 1 is 1.00 bits per heavy atom. The first-order valence-corrected chi connectivity index (χ1v) is 7.64. The van der Waals surface area contributed by atoms with Gasteiger partial charge in [-0.3, -0.25) is 9.88 Å². The van der Waals surface area contributed by atoms with E-state index in [4.69, 9.17) is 0 Å². The Kier molecular flexibility index (Phi) is 6.38. The second-order valence-electron chi connectivity index (χ2n) is 5.45. The van der Waals surface area contributed by atoms with Crippen molar-refractivity contribution in [3.05, 3.63) is 65.5 Å². The molecule has 1 N–H and O–H groups in total. The molecule has 0 radical (unpaired) electrons. The first-order valence-electron chi connectivity index (χ1n) is 7.64. The minimum Gasteiger partial charge on any atom is -0.317 e. The van der Waals surface area contributed by atoms with Gasteiger partial charge in [0.05, 0.1) is 0 Å². The van der Waals surface area contributed by atoms with Crippen molar-refractivity contribution >= 4 is 0 Å². The van der Waals surface area contributed by atoms with Gasteiger partial charge in [-0.25, -0.2) is 0 Å². The van der Waals surface area contributed by atoms with Crippen molar-refractivity contribution in [3.8, 4) is 0 Å². The fourth-order valence-corrected chi connectivity index (χ4v) is 2.39. The van der Waals surface area contributed by atoms with Crippen LogP contribution in [-0.4, -0.2) is 30.0 Å². The van der Waals surface area contributed by atoms with Crippen molar-refractivity contribution in [3.63, 3.8) is 0 Å². The zero-order valence-electron chi connectivity index (χ0n) is 13.0. The number of hydrogen-bond acceptors (Lipinski definition) is 3. The summed E-state index contributed by atoms with van der Waals surface area (Å²) in [7, 11) is 2.14. The van der Waals surface area contributed by atoms with Crippen LogP contribution in [0, 0.1) is 0 Å². The Hall–Kier alpha value is -1.71. The molecule has 21 heavy (non-hydrogen) atoms. The molecule has 0 unspecified atom stereocenters. The SMILES string of the molecule is CCNCCc1ccc(CN(C)Cc2cccnc2)cc1. The van der Waals surface area contributed by atoms with E-state index >= 15 is 0 Å². The van der Waals surface area contributed by atoms with Crippen molar-refractivity contribution in [2.45, 2.75) is 26.4 Å². The number of pyridine rings is 1. The lowest BCUT2D eigenvalue weighted by atomic mass is 10.1. The van der Waals surface area contributed by atoms with Crippen LogP contribution in [0.1, 0.15) is 23.6 Å². The van der Waals surface area contributed by atoms with Crippen molar-refractivity contribution in [2.75, 3.05) is 20.1 Å². The highest BCUT2D eigenvalue weighted by Crippen LogP contribution is 2.09. The van der Waals surface area contributed by atoms with Gasteiger partial charge in [0, 0.05) is 25.5 Å². The summed E-state index contributed by atoms with van der Waals surface area (Å²) in [5.74, 6) is 0. The number of rotatable bonds is 8. The first-order chi connectivity index (χ1) is 10.3. The van der Waals surface area contributed by atoms with Gasteiger partial charge >= 0.3 is 0 Å². The smallest absolute Gasteiger partial charge is 0.0312 e. The van der Waals surface area contributed by atoms with Crippen LogP contribution < -0.4 is 5.32 Å². The highest BCUT2D eigenvalue weighted by atomic mass is 15.1. The van der Waals surface area contributed by atoms with Crippen LogP contribution in [0.25, 0.3) is 0 Å². The standard InChI is InChI=1S/C18H25N3/c1-3-19-12-10-16-6-8-17(9-7-16)14-21(2)15-18-5-4-11-20-13-18/h4-9,11,13,19H,3,10,12,14-15H2,1-2H3. The van der Waals surface area contributed by atoms with Gasteiger partial charge in [-0.2, -0.15) is 0 Å². The molecule has 0 spiro atoms. The predicted octanol–water partition coefficient (Wildman–Crippen LogP) is 2.87. The van der Waals surface area contributed by atoms with Crippen LogP contribution in [0.4, 0.5) is 0 Å². The number of nitrogens with one attached hydrogen (secondary N) is 1. The van der Waals surface area contributed by atoms with Crippen LogP contribution in [0.15, 0.2) is 48.8 Å². The maximum atomic E-state index is 4.16. The van der Waals surface area contributed by atoms with Crippen LogP contribution in [0.5, 0.6) is 0 Å². The van der Waals surface area contributed by atoms with Gasteiger partial charge < -0.3 is 5.32 Å². The van der Waals surface area contributed by atoms with Gasteiger partial charge in [-0.05, 0) is 49.3 Å². The summed E-state index contributed by atoms with van der Waals surface area (Å²) in [5.41, 5.74) is 4.01. The third kappa shape index (κ3) is 5.66. The van der Waals surface area contributed by atoms with Gasteiger partial charge in [0.1, 0.15) is 0 Å². The Balaban J connectivity index is 1.82. The second kappa shape index (κ2) is 8.55. The quantitative estimate of drug-likeness (QED) is 0.755. The number of likely N-dealkylation sites (N-methyl/N-ethyl adjacent to an activating group) is 1. The zero-order valence-corrected chi connectivity index (χ0v) is 13.0. The minimum absolute atomic E-state index is 0.927. The summed E-state index contributed by atoms with van der Waals surface area (Å²) in [6, 6.07) is 13.1. The normalized spacial score (nSPS) is 11.0. The maximum Gasteiger partial charge on any atom is 0.0312 e. The summed E-state index contributed by atoms with van der Waals surface area (Å²) < 4.78 is 0. The fourth-order valence-electron chi connectivity index (χ4n) is 2.39. The molecule has 112 valence electrons. The highest BCUT2D eigenvalue weighted by molar-refractivity contribution is 5.23. The third-order valence-electron chi connectivity index (χ3n) is 3.49. The summed E-state index contributed by atoms with van der Waals surface area (Å²) in [6.45, 7) is 6.12. The van der Waals surface area contributed by atoms with Crippen LogP contribution in [-0.2, 0) is 19.5 Å². The lowest BCUT2D eigenvalue weighted by Crippen LogP contribution is -2.17. The molecular weight excluding hydrogens is 258 g/mol. The number of benzene rings is 1. The van der Waals surface area contributed by atoms with Gasteiger partial charge in [0.2, 0.25) is 0 Å². The third-order valence-corrected chi connectivity index (χ3v) is 3.49. The number of aromatic nitrogens is 1. The molecule has 0 saturated heterocycles. The molecule has 1 aromatic carbocycles. The Bertz CT molecular complexity index is 508. The Morgan fingerprint density at radius 2 is 1.71 bits per heavy atom. The molecule has 1 heterocycles. The monoisotopic (exact) mass is 283 g/mol. The van der Waals surface area contributed by atoms with E-state index in [2.05, 4.69) is 59.5 Å². The summed E-state index contributed by atoms with van der Waals surface area (Å²) in [4.78, 5) is 6.47. The number of hydrogen-bond donors (Lipinski definition) is 1. The van der Waals surface area contributed by atoms with Crippen molar-refractivity contribution in [1.82, 2.24) is 15.2 Å². The molecule has 3 heteroatoms. The molecule has 1 aromatic heterocycles. The summed E-state index contributed by atoms with van der Waals surface area (Å²) in [5, 5.41) is 3.36. The Labute approximate surface area is 128 Å². The summed E-state index contributed by atoms with van der Waals surface area (Å²) in [6.07, 6.45) is 4.84. The van der Waals surface area contributed by atoms with Crippen LogP contribution >= 0.6 is 0 Å². The summed E-state index contributed by atoms with van der Waals surface area (Å²) >= 11 is 0. The van der Waals surface area contributed by atoms with E-state index < -0.39 is 0 Å². The van der Waals surface area contributed by atoms with Crippen molar-refractivity contribution in [2.24, 2.45) is 0 Å². The fraction of sp³-hybridized carbons (Fsp3) is 0.389. The molecule has 0 bridgehead atoms. The van der Waals surface area contributed by atoms with Gasteiger partial charge in [-0.15, -0.1) is 0 Å². The number of nitrogens with zero attached hydrogens (tertiary/aromatic N) is 2. The van der Waals surface area contributed by atoms with E-state index in [1.807, 2.05) is 18.5 Å². The molecule has 0 saturated carbocycles. The molecule has 0 fully saturated rings. The highest BCUT2D eigenvalue weighted by Gasteiger charge is 2.02. The van der Waals surface area contributed by atoms with E-state index in [1.165, 1.54) is 16.7 Å². The topological polar surface area (TPSA) is 28.2 Å². The molecule has 2 aromatic rings. The van der Waals surface area contributed by atoms with Crippen molar-refractivity contribution in [1.29, 1.82) is 0 Å². The molecule has 0 atom stereocenters. The van der Waals surface area contributed by atoms with E-state index in [1.54, 1.807) is 0 Å². The van der Waals surface area contributed by atoms with Crippen LogP contribution in [0.3, 0.4) is 0 Å². The molecule has 0 aliphatic rings. The van der Waals surface area contributed by atoms with Crippen LogP contribution in [0.2, 0.25) is 0 Å². The predicted molar refractivity (Wildman–Crippen MR) is 88.1 cm³/mol. The molecule has 0 aliphatic carbocycles. The molecule has 0 amide bonds. The first kappa shape index (κ1) is 15.7. The van der Waals surface area contributed by atoms with E-state index in [0.29, 0.717) is 0 Å². The van der Waals surface area contributed by atoms with Crippen molar-refractivity contribution < 1.29 is 0 Å². The minimum atomic E-state index is 0.927. The largest absolute Gasteiger partial charge is 0.317 e. The molecule has 0 aliphatic heterocycles.